The van der Waals surface area contributed by atoms with Crippen LogP contribution in [-0.2, 0) is 0 Å². The SMILES string of the molecule is NC(=N[N+](=O)[O-])NNC(=O)O. The number of carbonyl (C=O) groups is 1. The van der Waals surface area contributed by atoms with Gasteiger partial charge in [-0.3, -0.25) is 5.43 Å². The number of hydrazone groups is 1. The van der Waals surface area contributed by atoms with E-state index in [1.807, 2.05) is 0 Å². The molecule has 0 unspecified atom stereocenters. The largest absolute Gasteiger partial charge is 0.464 e. The van der Waals surface area contributed by atoms with Crippen LogP contribution in [0.25, 0.3) is 0 Å². The first-order valence-electron chi connectivity index (χ1n) is 2.26. The van der Waals surface area contributed by atoms with Crippen LogP contribution in [0.5, 0.6) is 0 Å². The molecule has 5 N–H and O–H groups in total. The molecule has 62 valence electrons. The van der Waals surface area contributed by atoms with Crippen LogP contribution in [0.1, 0.15) is 0 Å². The molecular formula is C2H5N5O4. The van der Waals surface area contributed by atoms with Crippen LogP contribution < -0.4 is 16.6 Å². The van der Waals surface area contributed by atoms with Crippen molar-refractivity contribution in [1.82, 2.24) is 10.9 Å². The fraction of sp³-hybridized carbons (Fsp3) is 0. The van der Waals surface area contributed by atoms with Gasteiger partial charge in [-0.05, 0) is 0 Å². The lowest BCUT2D eigenvalue weighted by atomic mass is 11.0. The molecule has 0 aliphatic heterocycles. The van der Waals surface area contributed by atoms with Gasteiger partial charge in [-0.2, -0.15) is 0 Å². The third-order valence-electron chi connectivity index (χ3n) is 0.487. The maximum atomic E-state index is 9.74. The minimum absolute atomic E-state index is 0.641. The highest BCUT2D eigenvalue weighted by Gasteiger charge is 1.98. The summed E-state index contributed by atoms with van der Waals surface area (Å²) in [5.74, 6) is -0.641. The Morgan fingerprint density at radius 2 is 2.18 bits per heavy atom. The third-order valence-corrected chi connectivity index (χ3v) is 0.487. The molecule has 0 aliphatic carbocycles. The summed E-state index contributed by atoms with van der Waals surface area (Å²) >= 11 is 0. The van der Waals surface area contributed by atoms with E-state index in [9.17, 15) is 14.9 Å². The van der Waals surface area contributed by atoms with Gasteiger partial charge in [-0.1, -0.05) is 0 Å². The fourth-order valence-electron chi connectivity index (χ4n) is 0.230. The number of nitrogens with one attached hydrogen (secondary N) is 2. The van der Waals surface area contributed by atoms with Gasteiger partial charge in [0, 0.05) is 0 Å². The molecule has 0 spiro atoms. The summed E-state index contributed by atoms with van der Waals surface area (Å²) in [7, 11) is 0. The number of nitro groups is 1. The van der Waals surface area contributed by atoms with Gasteiger partial charge in [-0.25, -0.2) is 20.3 Å². The molecule has 0 aromatic carbocycles. The third kappa shape index (κ3) is 5.82. The maximum Gasteiger partial charge on any atom is 0.423 e. The molecule has 9 heteroatoms. The van der Waals surface area contributed by atoms with Crippen molar-refractivity contribution in [3.05, 3.63) is 10.1 Å². The van der Waals surface area contributed by atoms with Gasteiger partial charge in [0.25, 0.3) is 5.96 Å². The second-order valence-electron chi connectivity index (χ2n) is 1.28. The number of hydrazine groups is 1. The second kappa shape index (κ2) is 3.87. The van der Waals surface area contributed by atoms with E-state index in [-0.39, 0.29) is 0 Å². The summed E-state index contributed by atoms with van der Waals surface area (Å²) in [6.07, 6.45) is -1.42. The molecule has 11 heavy (non-hydrogen) atoms. The molecule has 0 saturated carbocycles. The Bertz CT molecular complexity index is 199. The fourth-order valence-corrected chi connectivity index (χ4v) is 0.230. The zero-order valence-corrected chi connectivity index (χ0v) is 5.14. The monoisotopic (exact) mass is 163 g/mol. The minimum Gasteiger partial charge on any atom is -0.464 e. The zero-order chi connectivity index (χ0) is 8.85. The first-order valence-corrected chi connectivity index (χ1v) is 2.26. The lowest BCUT2D eigenvalue weighted by Gasteiger charge is -1.98. The Morgan fingerprint density at radius 3 is 2.55 bits per heavy atom. The molecule has 0 atom stereocenters. The highest BCUT2D eigenvalue weighted by atomic mass is 16.7. The quantitative estimate of drug-likeness (QED) is 0.156. The van der Waals surface area contributed by atoms with Crippen molar-refractivity contribution in [3.8, 4) is 0 Å². The first-order chi connectivity index (χ1) is 5.02. The van der Waals surface area contributed by atoms with E-state index in [1.165, 1.54) is 0 Å². The predicted octanol–water partition coefficient (Wildman–Crippen LogP) is -1.74. The standard InChI is InChI=1S/C2H5N5O4/c3-1(6-7(10)11)4-5-2(8)9/h5H,(H,8,9)(H3,3,4,6). The van der Waals surface area contributed by atoms with Crippen molar-refractivity contribution in [3.63, 3.8) is 0 Å². The minimum atomic E-state index is -1.42. The van der Waals surface area contributed by atoms with E-state index >= 15 is 0 Å². The molecule has 0 saturated heterocycles. The van der Waals surface area contributed by atoms with Gasteiger partial charge >= 0.3 is 6.09 Å². The first kappa shape index (κ1) is 8.94. The number of guanidine groups is 1. The van der Waals surface area contributed by atoms with Crippen LogP contribution in [0, 0.1) is 10.1 Å². The van der Waals surface area contributed by atoms with Crippen LogP contribution in [0.4, 0.5) is 4.79 Å². The van der Waals surface area contributed by atoms with Gasteiger partial charge < -0.3 is 10.8 Å². The lowest BCUT2D eigenvalue weighted by Crippen LogP contribution is -2.45. The smallest absolute Gasteiger partial charge is 0.423 e. The molecule has 9 nitrogen and oxygen atoms in total. The molecule has 0 rings (SSSR count). The Morgan fingerprint density at radius 1 is 1.64 bits per heavy atom. The van der Waals surface area contributed by atoms with E-state index in [4.69, 9.17) is 10.8 Å². The average molecular weight is 163 g/mol. The summed E-state index contributed by atoms with van der Waals surface area (Å²) in [5, 5.41) is 19.0. The van der Waals surface area contributed by atoms with Crippen LogP contribution in [0.3, 0.4) is 0 Å². The van der Waals surface area contributed by atoms with Crippen LogP contribution >= 0.6 is 0 Å². The lowest BCUT2D eigenvalue weighted by molar-refractivity contribution is -0.485. The molecule has 0 aromatic heterocycles. The molecular weight excluding hydrogens is 158 g/mol. The maximum absolute atomic E-state index is 9.74. The second-order valence-corrected chi connectivity index (χ2v) is 1.28. The van der Waals surface area contributed by atoms with E-state index in [1.54, 1.807) is 10.9 Å². The summed E-state index contributed by atoms with van der Waals surface area (Å²) in [6.45, 7) is 0. The molecule has 0 fully saturated rings. The highest BCUT2D eigenvalue weighted by molar-refractivity contribution is 5.79. The van der Waals surface area contributed by atoms with Crippen molar-refractivity contribution in [2.24, 2.45) is 10.8 Å². The van der Waals surface area contributed by atoms with Crippen molar-refractivity contribution in [2.45, 2.75) is 0 Å². The molecule has 0 heterocycles. The van der Waals surface area contributed by atoms with Gasteiger partial charge in [-0.15, -0.1) is 0 Å². The topological polar surface area (TPSA) is 143 Å². The van der Waals surface area contributed by atoms with Crippen LogP contribution in [-0.4, -0.2) is 22.2 Å². The number of carboxylic acid groups (broad SMARTS) is 1. The van der Waals surface area contributed by atoms with Gasteiger partial charge in [0.2, 0.25) is 0 Å². The van der Waals surface area contributed by atoms with Crippen LogP contribution in [0.15, 0.2) is 5.10 Å². The van der Waals surface area contributed by atoms with Gasteiger partial charge in [0.15, 0.2) is 5.03 Å². The Labute approximate surface area is 60.0 Å². The number of rotatable bonds is 1. The average Bonchev–Trinajstić information content (AvgIpc) is 1.82. The molecule has 0 aliphatic rings. The molecule has 1 amide bonds. The van der Waals surface area contributed by atoms with Crippen molar-refractivity contribution >= 4 is 12.1 Å². The van der Waals surface area contributed by atoms with E-state index in [0.717, 1.165) is 0 Å². The number of hydrogen-bond acceptors (Lipinski definition) is 3. The summed E-state index contributed by atoms with van der Waals surface area (Å²) < 4.78 is 0. The molecule has 0 radical (unpaired) electrons. The van der Waals surface area contributed by atoms with Crippen molar-refractivity contribution < 1.29 is 14.9 Å². The summed E-state index contributed by atoms with van der Waals surface area (Å²) in [6, 6.07) is 0. The van der Waals surface area contributed by atoms with E-state index in [0.29, 0.717) is 0 Å². The van der Waals surface area contributed by atoms with Gasteiger partial charge in [0.1, 0.15) is 5.10 Å². The Hall–Kier alpha value is -2.06. The predicted molar refractivity (Wildman–Crippen MR) is 32.9 cm³/mol. The number of amides is 1. The summed E-state index contributed by atoms with van der Waals surface area (Å²) in [5.41, 5.74) is 8.10. The molecule has 0 aromatic rings. The molecule has 0 bridgehead atoms. The Balaban J connectivity index is 3.77. The Kier molecular flexibility index (Phi) is 3.15. The number of nitrogens with zero attached hydrogens (tertiary/aromatic N) is 2. The van der Waals surface area contributed by atoms with E-state index < -0.39 is 17.1 Å². The zero-order valence-electron chi connectivity index (χ0n) is 5.14. The van der Waals surface area contributed by atoms with Crippen molar-refractivity contribution in [2.75, 3.05) is 0 Å². The number of nitrogens with two attached hydrogens (primary N) is 1. The van der Waals surface area contributed by atoms with E-state index in [2.05, 4.69) is 5.10 Å². The normalized spacial score (nSPS) is 10.4. The highest BCUT2D eigenvalue weighted by Crippen LogP contribution is 1.66. The summed E-state index contributed by atoms with van der Waals surface area (Å²) in [4.78, 5) is 19.3. The van der Waals surface area contributed by atoms with Crippen molar-refractivity contribution in [1.29, 1.82) is 0 Å². The van der Waals surface area contributed by atoms with Gasteiger partial charge in [0.05, 0.1) is 0 Å². The van der Waals surface area contributed by atoms with Crippen LogP contribution in [0.2, 0.25) is 0 Å². The number of hydrogen-bond donors (Lipinski definition) is 4.